The zero-order valence-electron chi connectivity index (χ0n) is 10.1. The second-order valence-corrected chi connectivity index (χ2v) is 4.40. The van der Waals surface area contributed by atoms with Crippen LogP contribution in [0.15, 0.2) is 36.9 Å². The summed E-state index contributed by atoms with van der Waals surface area (Å²) in [5.74, 6) is 2.05. The fourth-order valence-electron chi connectivity index (χ4n) is 1.31. The third kappa shape index (κ3) is 7.31. The Morgan fingerprint density at radius 1 is 1.47 bits per heavy atom. The van der Waals surface area contributed by atoms with Gasteiger partial charge in [0.2, 0.25) is 0 Å². The van der Waals surface area contributed by atoms with Crippen LogP contribution in [0.1, 0.15) is 5.56 Å². The molecule has 0 aliphatic heterocycles. The molecule has 1 N–H and O–H groups in total. The lowest BCUT2D eigenvalue weighted by Crippen LogP contribution is -2.16. The van der Waals surface area contributed by atoms with Crippen LogP contribution in [0.5, 0.6) is 5.75 Å². The monoisotopic (exact) mass is 273 g/mol. The van der Waals surface area contributed by atoms with Gasteiger partial charge in [0.15, 0.2) is 0 Å². The summed E-state index contributed by atoms with van der Waals surface area (Å²) in [6.07, 6.45) is 3.87. The van der Waals surface area contributed by atoms with Crippen LogP contribution < -0.4 is 10.1 Å². The van der Waals surface area contributed by atoms with Gasteiger partial charge < -0.3 is 10.1 Å². The molecule has 0 heterocycles. The normalized spacial score (nSPS) is 9.47. The van der Waals surface area contributed by atoms with Crippen molar-refractivity contribution in [1.82, 2.24) is 5.32 Å². The van der Waals surface area contributed by atoms with Gasteiger partial charge in [0.25, 0.3) is 0 Å². The molecule has 1 aromatic rings. The number of ether oxygens (including phenoxy) is 1. The molecule has 0 unspecified atom stereocenters. The standard InChI is InChI=1S/C13H19NOS.ClH/c1-3-8-15-13-6-4-5-12(10-13)11-14-7-9-16-2;/h3-6,10,14H,1,7-9,11H2,2H3;1H. The first kappa shape index (κ1) is 16.4. The smallest absolute Gasteiger partial charge is 0.120 e. The highest BCUT2D eigenvalue weighted by Crippen LogP contribution is 2.13. The van der Waals surface area contributed by atoms with Crippen LogP contribution in [0.2, 0.25) is 0 Å². The van der Waals surface area contributed by atoms with Gasteiger partial charge in [-0.05, 0) is 24.0 Å². The average molecular weight is 274 g/mol. The number of hydrogen-bond donors (Lipinski definition) is 1. The molecule has 0 aliphatic carbocycles. The van der Waals surface area contributed by atoms with Gasteiger partial charge in [-0.2, -0.15) is 11.8 Å². The van der Waals surface area contributed by atoms with Crippen molar-refractivity contribution in [1.29, 1.82) is 0 Å². The Labute approximate surface area is 114 Å². The third-order valence-electron chi connectivity index (χ3n) is 2.08. The van der Waals surface area contributed by atoms with E-state index in [4.69, 9.17) is 4.74 Å². The molecule has 0 bridgehead atoms. The van der Waals surface area contributed by atoms with Crippen molar-refractivity contribution in [3.05, 3.63) is 42.5 Å². The van der Waals surface area contributed by atoms with E-state index < -0.39 is 0 Å². The predicted octanol–water partition coefficient (Wildman–Crippen LogP) is 3.13. The summed E-state index contributed by atoms with van der Waals surface area (Å²) in [6.45, 7) is 6.12. The van der Waals surface area contributed by atoms with Crippen molar-refractivity contribution in [2.24, 2.45) is 0 Å². The highest BCUT2D eigenvalue weighted by molar-refractivity contribution is 7.98. The van der Waals surface area contributed by atoms with Crippen molar-refractivity contribution >= 4 is 24.2 Å². The molecular weight excluding hydrogens is 254 g/mol. The third-order valence-corrected chi connectivity index (χ3v) is 2.69. The summed E-state index contributed by atoms with van der Waals surface area (Å²) in [6, 6.07) is 8.15. The molecule has 2 nitrogen and oxygen atoms in total. The number of nitrogens with one attached hydrogen (secondary N) is 1. The summed E-state index contributed by atoms with van der Waals surface area (Å²) in [7, 11) is 0. The van der Waals surface area contributed by atoms with Gasteiger partial charge in [-0.1, -0.05) is 24.8 Å². The van der Waals surface area contributed by atoms with Gasteiger partial charge >= 0.3 is 0 Å². The predicted molar refractivity (Wildman–Crippen MR) is 79.5 cm³/mol. The molecule has 0 saturated heterocycles. The van der Waals surface area contributed by atoms with Crippen molar-refractivity contribution in [2.75, 3.05) is 25.2 Å². The van der Waals surface area contributed by atoms with Crippen molar-refractivity contribution in [3.8, 4) is 5.75 Å². The lowest BCUT2D eigenvalue weighted by Gasteiger charge is -2.07. The average Bonchev–Trinajstić information content (AvgIpc) is 2.33. The fourth-order valence-corrected chi connectivity index (χ4v) is 1.66. The molecule has 1 rings (SSSR count). The minimum atomic E-state index is 0. The summed E-state index contributed by atoms with van der Waals surface area (Å²) in [5.41, 5.74) is 1.25. The largest absolute Gasteiger partial charge is 0.490 e. The minimum absolute atomic E-state index is 0. The highest BCUT2D eigenvalue weighted by Gasteiger charge is 1.96. The maximum Gasteiger partial charge on any atom is 0.120 e. The van der Waals surface area contributed by atoms with Crippen molar-refractivity contribution in [3.63, 3.8) is 0 Å². The number of thioether (sulfide) groups is 1. The Bertz CT molecular complexity index is 320. The molecular formula is C13H20ClNOS. The zero-order valence-corrected chi connectivity index (χ0v) is 11.8. The van der Waals surface area contributed by atoms with Crippen LogP contribution in [-0.4, -0.2) is 25.2 Å². The van der Waals surface area contributed by atoms with E-state index in [1.807, 2.05) is 23.9 Å². The van der Waals surface area contributed by atoms with Gasteiger partial charge in [0.05, 0.1) is 0 Å². The molecule has 0 saturated carbocycles. The quantitative estimate of drug-likeness (QED) is 0.581. The van der Waals surface area contributed by atoms with Crippen LogP contribution in [0.4, 0.5) is 0 Å². The van der Waals surface area contributed by atoms with E-state index in [0.717, 1.165) is 24.6 Å². The van der Waals surface area contributed by atoms with Gasteiger partial charge in [-0.25, -0.2) is 0 Å². The molecule has 0 amide bonds. The van der Waals surface area contributed by atoms with E-state index in [1.165, 1.54) is 5.56 Å². The summed E-state index contributed by atoms with van der Waals surface area (Å²) < 4.78 is 5.47. The summed E-state index contributed by atoms with van der Waals surface area (Å²) >= 11 is 1.85. The molecule has 0 aliphatic rings. The van der Waals surface area contributed by atoms with E-state index in [2.05, 4.69) is 30.3 Å². The number of rotatable bonds is 8. The molecule has 0 aromatic heterocycles. The van der Waals surface area contributed by atoms with Gasteiger partial charge in [0, 0.05) is 18.8 Å². The fraction of sp³-hybridized carbons (Fsp3) is 0.385. The maximum atomic E-state index is 5.47. The first-order valence-corrected chi connectivity index (χ1v) is 6.78. The van der Waals surface area contributed by atoms with Crippen LogP contribution in [0, 0.1) is 0 Å². The number of halogens is 1. The van der Waals surface area contributed by atoms with E-state index >= 15 is 0 Å². The van der Waals surface area contributed by atoms with Crippen LogP contribution >= 0.6 is 24.2 Å². The lowest BCUT2D eigenvalue weighted by atomic mass is 10.2. The van der Waals surface area contributed by atoms with Crippen molar-refractivity contribution in [2.45, 2.75) is 6.54 Å². The van der Waals surface area contributed by atoms with E-state index in [-0.39, 0.29) is 12.4 Å². The lowest BCUT2D eigenvalue weighted by molar-refractivity contribution is 0.362. The Kier molecular flexibility index (Phi) is 10.1. The molecule has 0 atom stereocenters. The molecule has 96 valence electrons. The topological polar surface area (TPSA) is 21.3 Å². The molecule has 0 fully saturated rings. The Balaban J connectivity index is 0.00000256. The first-order valence-electron chi connectivity index (χ1n) is 5.39. The minimum Gasteiger partial charge on any atom is -0.490 e. The Morgan fingerprint density at radius 2 is 2.29 bits per heavy atom. The second-order valence-electron chi connectivity index (χ2n) is 3.42. The van der Waals surface area contributed by atoms with E-state index in [1.54, 1.807) is 6.08 Å². The molecule has 1 aromatic carbocycles. The number of hydrogen-bond acceptors (Lipinski definition) is 3. The van der Waals surface area contributed by atoms with Crippen LogP contribution in [-0.2, 0) is 6.54 Å². The molecule has 4 heteroatoms. The van der Waals surface area contributed by atoms with Gasteiger partial charge in [-0.15, -0.1) is 12.4 Å². The summed E-state index contributed by atoms with van der Waals surface area (Å²) in [5, 5.41) is 3.39. The van der Waals surface area contributed by atoms with E-state index in [9.17, 15) is 0 Å². The molecule has 0 spiro atoms. The SMILES string of the molecule is C=CCOc1cccc(CNCCSC)c1.Cl. The maximum absolute atomic E-state index is 5.47. The summed E-state index contributed by atoms with van der Waals surface area (Å²) in [4.78, 5) is 0. The number of benzene rings is 1. The van der Waals surface area contributed by atoms with Crippen molar-refractivity contribution < 1.29 is 4.74 Å². The molecule has 0 radical (unpaired) electrons. The van der Waals surface area contributed by atoms with Gasteiger partial charge in [0.1, 0.15) is 12.4 Å². The molecule has 17 heavy (non-hydrogen) atoms. The van der Waals surface area contributed by atoms with Gasteiger partial charge in [-0.3, -0.25) is 0 Å². The second kappa shape index (κ2) is 10.5. The van der Waals surface area contributed by atoms with E-state index in [0.29, 0.717) is 6.61 Å². The first-order chi connectivity index (χ1) is 7.86. The van der Waals surface area contributed by atoms with Crippen LogP contribution in [0.25, 0.3) is 0 Å². The Morgan fingerprint density at radius 3 is 3.00 bits per heavy atom. The Hall–Kier alpha value is -0.640. The zero-order chi connectivity index (χ0) is 11.6. The highest BCUT2D eigenvalue weighted by atomic mass is 35.5. The van der Waals surface area contributed by atoms with Crippen LogP contribution in [0.3, 0.4) is 0 Å².